The zero-order chi connectivity index (χ0) is 14.8. The van der Waals surface area contributed by atoms with Gasteiger partial charge in [-0.05, 0) is 43.7 Å². The van der Waals surface area contributed by atoms with Gasteiger partial charge in [-0.2, -0.15) is 0 Å². The summed E-state index contributed by atoms with van der Waals surface area (Å²) >= 11 is 7.07. The maximum atomic E-state index is 11.8. The van der Waals surface area contributed by atoms with Crippen LogP contribution in [0.15, 0.2) is 24.3 Å². The molecule has 0 bridgehead atoms. The first-order valence-electron chi connectivity index (χ1n) is 6.46. The SMILES string of the molecule is Cl.NCCCCNC(=O)CSCC(=O)c1ccc(Cl)cc1. The molecule has 0 spiro atoms. The molecule has 1 aromatic rings. The molecule has 0 fully saturated rings. The number of unbranched alkanes of at least 4 members (excludes halogenated alkanes) is 1. The molecule has 7 heteroatoms. The molecular weight excluding hydrogens is 331 g/mol. The molecule has 0 aromatic heterocycles. The number of nitrogens with two attached hydrogens (primary N) is 1. The van der Waals surface area contributed by atoms with Crippen molar-refractivity contribution in [2.45, 2.75) is 12.8 Å². The Labute approximate surface area is 140 Å². The molecule has 0 aliphatic rings. The Hall–Kier alpha value is -0.750. The molecule has 4 nitrogen and oxygen atoms in total. The van der Waals surface area contributed by atoms with Crippen molar-refractivity contribution in [3.63, 3.8) is 0 Å². The van der Waals surface area contributed by atoms with Crippen LogP contribution >= 0.6 is 35.8 Å². The average Bonchev–Trinajstić information content (AvgIpc) is 2.44. The predicted octanol–water partition coefficient (Wildman–Crippen LogP) is 2.53. The number of hydrogen-bond donors (Lipinski definition) is 2. The predicted molar refractivity (Wildman–Crippen MR) is 91.7 cm³/mol. The minimum atomic E-state index is -0.0454. The number of ketones is 1. The van der Waals surface area contributed by atoms with E-state index in [1.54, 1.807) is 24.3 Å². The highest BCUT2D eigenvalue weighted by atomic mass is 35.5. The fraction of sp³-hybridized carbons (Fsp3) is 0.429. The van der Waals surface area contributed by atoms with Gasteiger partial charge in [0.1, 0.15) is 0 Å². The van der Waals surface area contributed by atoms with E-state index in [1.165, 1.54) is 11.8 Å². The van der Waals surface area contributed by atoms with Crippen LogP contribution in [0.1, 0.15) is 23.2 Å². The molecular formula is C14H20Cl2N2O2S. The lowest BCUT2D eigenvalue weighted by Crippen LogP contribution is -2.27. The zero-order valence-corrected chi connectivity index (χ0v) is 14.0. The van der Waals surface area contributed by atoms with E-state index in [-0.39, 0.29) is 29.9 Å². The number of hydrogen-bond acceptors (Lipinski definition) is 4. The van der Waals surface area contributed by atoms with Gasteiger partial charge in [0.2, 0.25) is 5.91 Å². The third kappa shape index (κ3) is 8.98. The molecule has 1 aromatic carbocycles. The topological polar surface area (TPSA) is 72.2 Å². The number of carbonyl (C=O) groups is 2. The van der Waals surface area contributed by atoms with Gasteiger partial charge in [0.05, 0.1) is 11.5 Å². The van der Waals surface area contributed by atoms with Crippen molar-refractivity contribution >= 4 is 47.5 Å². The molecule has 0 unspecified atom stereocenters. The Morgan fingerprint density at radius 1 is 1.14 bits per heavy atom. The van der Waals surface area contributed by atoms with Gasteiger partial charge in [-0.3, -0.25) is 9.59 Å². The van der Waals surface area contributed by atoms with Crippen LogP contribution in [0.3, 0.4) is 0 Å². The van der Waals surface area contributed by atoms with Crippen LogP contribution in [0.2, 0.25) is 5.02 Å². The van der Waals surface area contributed by atoms with Crippen LogP contribution in [-0.4, -0.2) is 36.3 Å². The molecule has 0 atom stereocenters. The summed E-state index contributed by atoms with van der Waals surface area (Å²) in [6.45, 7) is 1.28. The maximum absolute atomic E-state index is 11.8. The molecule has 0 aliphatic carbocycles. The van der Waals surface area contributed by atoms with Crippen molar-refractivity contribution in [1.29, 1.82) is 0 Å². The van der Waals surface area contributed by atoms with E-state index in [0.29, 0.717) is 29.4 Å². The second kappa shape index (κ2) is 11.9. The van der Waals surface area contributed by atoms with Gasteiger partial charge in [-0.25, -0.2) is 0 Å². The van der Waals surface area contributed by atoms with Crippen LogP contribution in [-0.2, 0) is 4.79 Å². The molecule has 0 radical (unpaired) electrons. The van der Waals surface area contributed by atoms with Gasteiger partial charge in [-0.1, -0.05) is 11.6 Å². The van der Waals surface area contributed by atoms with E-state index >= 15 is 0 Å². The quantitative estimate of drug-likeness (QED) is 0.530. The highest BCUT2D eigenvalue weighted by Crippen LogP contribution is 2.12. The largest absolute Gasteiger partial charge is 0.355 e. The summed E-state index contributed by atoms with van der Waals surface area (Å²) in [7, 11) is 0. The molecule has 1 rings (SSSR count). The summed E-state index contributed by atoms with van der Waals surface area (Å²) in [5.74, 6) is 0.540. The van der Waals surface area contributed by atoms with Gasteiger partial charge in [0, 0.05) is 17.1 Å². The van der Waals surface area contributed by atoms with Gasteiger partial charge in [0.25, 0.3) is 0 Å². The highest BCUT2D eigenvalue weighted by Gasteiger charge is 2.07. The first-order valence-corrected chi connectivity index (χ1v) is 8.00. The van der Waals surface area contributed by atoms with Gasteiger partial charge in [-0.15, -0.1) is 24.2 Å². The minimum Gasteiger partial charge on any atom is -0.355 e. The summed E-state index contributed by atoms with van der Waals surface area (Å²) in [5, 5.41) is 3.40. The summed E-state index contributed by atoms with van der Waals surface area (Å²) in [4.78, 5) is 23.3. The zero-order valence-electron chi connectivity index (χ0n) is 11.6. The van der Waals surface area contributed by atoms with Crippen molar-refractivity contribution in [2.24, 2.45) is 5.73 Å². The molecule has 3 N–H and O–H groups in total. The molecule has 0 saturated heterocycles. The fourth-order valence-electron chi connectivity index (χ4n) is 1.50. The van der Waals surface area contributed by atoms with Crippen LogP contribution in [0.25, 0.3) is 0 Å². The van der Waals surface area contributed by atoms with Gasteiger partial charge in [0.15, 0.2) is 5.78 Å². The van der Waals surface area contributed by atoms with Crippen LogP contribution in [0.5, 0.6) is 0 Å². The van der Waals surface area contributed by atoms with Crippen molar-refractivity contribution in [2.75, 3.05) is 24.6 Å². The van der Waals surface area contributed by atoms with Gasteiger partial charge >= 0.3 is 0 Å². The Morgan fingerprint density at radius 3 is 2.43 bits per heavy atom. The van der Waals surface area contributed by atoms with E-state index < -0.39 is 0 Å². The van der Waals surface area contributed by atoms with E-state index in [0.717, 1.165) is 12.8 Å². The lowest BCUT2D eigenvalue weighted by molar-refractivity contribution is -0.118. The van der Waals surface area contributed by atoms with Crippen LogP contribution in [0.4, 0.5) is 0 Å². The fourth-order valence-corrected chi connectivity index (χ4v) is 2.37. The van der Waals surface area contributed by atoms with Crippen molar-refractivity contribution in [3.8, 4) is 0 Å². The summed E-state index contributed by atoms with van der Waals surface area (Å²) in [6, 6.07) is 6.75. The van der Waals surface area contributed by atoms with E-state index in [1.807, 2.05) is 0 Å². The number of amides is 1. The van der Waals surface area contributed by atoms with Gasteiger partial charge < -0.3 is 11.1 Å². The number of halogens is 2. The van der Waals surface area contributed by atoms with Crippen molar-refractivity contribution < 1.29 is 9.59 Å². The average molecular weight is 351 g/mol. The molecule has 21 heavy (non-hydrogen) atoms. The molecule has 0 saturated carbocycles. The van der Waals surface area contributed by atoms with E-state index in [2.05, 4.69) is 5.32 Å². The molecule has 0 aliphatic heterocycles. The first-order chi connectivity index (χ1) is 9.63. The highest BCUT2D eigenvalue weighted by molar-refractivity contribution is 8.00. The summed E-state index contributed by atoms with van der Waals surface area (Å²) in [6.07, 6.45) is 1.79. The second-order valence-corrected chi connectivity index (χ2v) is 5.69. The van der Waals surface area contributed by atoms with E-state index in [9.17, 15) is 9.59 Å². The number of thioether (sulfide) groups is 1. The Bertz CT molecular complexity index is 441. The summed E-state index contributed by atoms with van der Waals surface area (Å²) < 4.78 is 0. The maximum Gasteiger partial charge on any atom is 0.230 e. The summed E-state index contributed by atoms with van der Waals surface area (Å²) in [5.41, 5.74) is 5.98. The van der Waals surface area contributed by atoms with Crippen LogP contribution < -0.4 is 11.1 Å². The standard InChI is InChI=1S/C14H19ClN2O2S.ClH/c15-12-5-3-11(4-6-12)13(18)9-20-10-14(19)17-8-2-1-7-16;/h3-6H,1-2,7-10,16H2,(H,17,19);1H. The number of benzene rings is 1. The normalized spacial score (nSPS) is 9.81. The Kier molecular flexibility index (Phi) is 11.4. The Balaban J connectivity index is 0.00000400. The van der Waals surface area contributed by atoms with Crippen LogP contribution in [0, 0.1) is 0 Å². The number of Topliss-reactive ketones (excluding diaryl/α,β-unsaturated/α-hetero) is 1. The monoisotopic (exact) mass is 350 g/mol. The third-order valence-corrected chi connectivity index (χ3v) is 3.77. The molecule has 118 valence electrons. The minimum absolute atomic E-state index is 0. The molecule has 1 amide bonds. The number of carbonyl (C=O) groups excluding carboxylic acids is 2. The second-order valence-electron chi connectivity index (χ2n) is 4.27. The van der Waals surface area contributed by atoms with Crippen molar-refractivity contribution in [3.05, 3.63) is 34.9 Å². The smallest absolute Gasteiger partial charge is 0.230 e. The number of nitrogens with one attached hydrogen (secondary N) is 1. The lowest BCUT2D eigenvalue weighted by Gasteiger charge is -2.04. The Morgan fingerprint density at radius 2 is 1.81 bits per heavy atom. The molecule has 0 heterocycles. The number of rotatable bonds is 9. The van der Waals surface area contributed by atoms with E-state index in [4.69, 9.17) is 17.3 Å². The lowest BCUT2D eigenvalue weighted by atomic mass is 10.1. The third-order valence-electron chi connectivity index (χ3n) is 2.59. The van der Waals surface area contributed by atoms with Crippen molar-refractivity contribution in [1.82, 2.24) is 5.32 Å². The first kappa shape index (κ1) is 20.2.